The summed E-state index contributed by atoms with van der Waals surface area (Å²) in [6.07, 6.45) is 18.6. The molecule has 8 aliphatic carbocycles. The maximum Gasteiger partial charge on any atom is 0.157 e. The van der Waals surface area contributed by atoms with Crippen molar-refractivity contribution in [3.8, 4) is 0 Å². The van der Waals surface area contributed by atoms with Gasteiger partial charge in [-0.15, -0.1) is 0 Å². The number of ether oxygens (including phenoxy) is 4. The number of sulfone groups is 1. The van der Waals surface area contributed by atoms with Crippen LogP contribution in [0.15, 0.2) is 0 Å². The van der Waals surface area contributed by atoms with Crippen LogP contribution in [0.1, 0.15) is 183 Å². The summed E-state index contributed by atoms with van der Waals surface area (Å²) >= 11 is 0. The number of rotatable bonds is 12. The van der Waals surface area contributed by atoms with Gasteiger partial charge in [0, 0.05) is 13.2 Å². The molecule has 10 aliphatic rings. The van der Waals surface area contributed by atoms with E-state index in [0.717, 1.165) is 116 Å². The molecule has 0 bridgehead atoms. The van der Waals surface area contributed by atoms with Gasteiger partial charge in [-0.3, -0.25) is 0 Å². The molecule has 10 rings (SSSR count). The Hall–Kier alpha value is -0.370. The van der Waals surface area contributed by atoms with Crippen molar-refractivity contribution in [2.45, 2.75) is 232 Å². The van der Waals surface area contributed by atoms with Crippen molar-refractivity contribution in [3.63, 3.8) is 0 Å². The van der Waals surface area contributed by atoms with Crippen molar-refractivity contribution in [1.29, 1.82) is 0 Å². The molecule has 4 unspecified atom stereocenters. The van der Waals surface area contributed by atoms with Crippen molar-refractivity contribution in [1.82, 2.24) is 0 Å². The molecule has 2 aliphatic heterocycles. The smallest absolute Gasteiger partial charge is 0.157 e. The minimum atomic E-state index is -3.58. The molecule has 0 spiro atoms. The summed E-state index contributed by atoms with van der Waals surface area (Å²) in [6, 6.07) is 0. The van der Waals surface area contributed by atoms with Gasteiger partial charge in [-0.1, -0.05) is 41.5 Å². The SMILES string of the molecule is C[C@H]1C[C@@H](OC2CCCCO2)C[C@@H]2CC[C@H]3[C@@H]4[C@@H](C(O)CCS(=O)(=O)CCC(O)[C@H]5C[C@H](O)[C@@]6(C)CC[C@H]7[C@@H](CC[C@H]8C[C@H](OC9CCCCO9)C[C@H](C)[C@@]87C)[C@H]56)C[C@H](O)[C@@]4(C)CC[C@@H]3[C@]21C. The van der Waals surface area contributed by atoms with Crippen LogP contribution in [-0.2, 0) is 28.8 Å². The molecule has 0 amide bonds. The fraction of sp³-hybridized carbons (Fsp3) is 1.00. The van der Waals surface area contributed by atoms with Crippen molar-refractivity contribution in [2.75, 3.05) is 24.7 Å². The molecule has 0 aromatic rings. The van der Waals surface area contributed by atoms with Crippen LogP contribution in [0, 0.1) is 92.7 Å². The first kappa shape index (κ1) is 50.2. The lowest BCUT2D eigenvalue weighted by molar-refractivity contribution is -0.224. The molecule has 11 heteroatoms. The highest BCUT2D eigenvalue weighted by molar-refractivity contribution is 7.91. The normalized spacial score (nSPS) is 53.0. The van der Waals surface area contributed by atoms with E-state index in [1.165, 1.54) is 12.8 Å². The second kappa shape index (κ2) is 19.2. The minimum Gasteiger partial charge on any atom is -0.393 e. The molecular formula is C56H94O10S. The number of hydrogen-bond donors (Lipinski definition) is 4. The van der Waals surface area contributed by atoms with Gasteiger partial charge in [-0.25, -0.2) is 8.42 Å². The molecule has 2 saturated heterocycles. The monoisotopic (exact) mass is 959 g/mol. The number of aliphatic hydroxyl groups excluding tert-OH is 4. The molecule has 0 aromatic carbocycles. The van der Waals surface area contributed by atoms with Crippen LogP contribution >= 0.6 is 0 Å². The predicted octanol–water partition coefficient (Wildman–Crippen LogP) is 9.48. The lowest BCUT2D eigenvalue weighted by Crippen LogP contribution is -2.58. The third kappa shape index (κ3) is 8.81. The standard InChI is InChI=1S/C56H94O10S/c1-33-27-37(65-49-11-7-9-23-63-49)29-35-13-15-39-43(55(33,35)5)17-21-53(3)47(59)31-41(51(39)53)45(57)19-25-67(61,62)26-20-46(58)42-32-48(60)54(4)22-18-44-40(52(42)54)16-14-36-30-38(28-34(2)56(36,44)6)66-50-12-8-10-24-64-50/h33-52,57-60H,7-32H2,1-6H3/t33-,34-,35-,36-,37+,38+,39+,40+,41+,42+,43-,44-,45?,46?,47-,48-,49?,50?,51+,52+,53+,54+,55-,56-/m0/s1. The minimum absolute atomic E-state index is 0.0629. The fourth-order valence-corrected chi connectivity index (χ4v) is 21.3. The lowest BCUT2D eigenvalue weighted by atomic mass is 9.42. The molecule has 67 heavy (non-hydrogen) atoms. The lowest BCUT2D eigenvalue weighted by Gasteiger charge is -2.63. The Morgan fingerprint density at radius 2 is 0.985 bits per heavy atom. The topological polar surface area (TPSA) is 152 Å². The summed E-state index contributed by atoms with van der Waals surface area (Å²) in [7, 11) is -3.58. The van der Waals surface area contributed by atoms with Gasteiger partial charge in [0.2, 0.25) is 0 Å². The molecule has 10 fully saturated rings. The molecule has 24 atom stereocenters. The Labute approximate surface area is 405 Å². The maximum absolute atomic E-state index is 14.0. The van der Waals surface area contributed by atoms with Gasteiger partial charge in [-0.05, 0) is 234 Å². The maximum atomic E-state index is 14.0. The van der Waals surface area contributed by atoms with Crippen LogP contribution in [0.4, 0.5) is 0 Å². The van der Waals surface area contributed by atoms with E-state index in [1.807, 2.05) is 0 Å². The van der Waals surface area contributed by atoms with E-state index in [-0.39, 0.29) is 94.5 Å². The second-order valence-corrected chi connectivity index (χ2v) is 28.8. The Balaban J connectivity index is 0.761. The van der Waals surface area contributed by atoms with Gasteiger partial charge in [0.1, 0.15) is 0 Å². The third-order valence-electron chi connectivity index (χ3n) is 23.8. The summed E-state index contributed by atoms with van der Waals surface area (Å²) in [6.45, 7) is 16.1. The molecule has 384 valence electrons. The summed E-state index contributed by atoms with van der Waals surface area (Å²) in [4.78, 5) is 0. The van der Waals surface area contributed by atoms with E-state index in [0.29, 0.717) is 60.2 Å². The molecule has 0 aromatic heterocycles. The van der Waals surface area contributed by atoms with E-state index in [1.54, 1.807) is 0 Å². The zero-order valence-electron chi connectivity index (χ0n) is 42.6. The Kier molecular flexibility index (Phi) is 14.3. The summed E-state index contributed by atoms with van der Waals surface area (Å²) in [5, 5.41) is 47.6. The second-order valence-electron chi connectivity index (χ2n) is 26.5. The first-order valence-electron chi connectivity index (χ1n) is 28.3. The van der Waals surface area contributed by atoms with Crippen LogP contribution in [0.25, 0.3) is 0 Å². The van der Waals surface area contributed by atoms with Crippen LogP contribution in [0.3, 0.4) is 0 Å². The first-order chi connectivity index (χ1) is 31.9. The summed E-state index contributed by atoms with van der Waals surface area (Å²) in [5.74, 6) is 3.88. The van der Waals surface area contributed by atoms with Gasteiger partial charge in [-0.2, -0.15) is 0 Å². The Bertz CT molecular complexity index is 1700. The average molecular weight is 959 g/mol. The third-order valence-corrected chi connectivity index (χ3v) is 25.5. The van der Waals surface area contributed by atoms with Gasteiger partial charge in [0.05, 0.1) is 48.1 Å². The number of fused-ring (bicyclic) bond motifs is 10. The highest BCUT2D eigenvalue weighted by Gasteiger charge is 2.67. The van der Waals surface area contributed by atoms with E-state index >= 15 is 0 Å². The van der Waals surface area contributed by atoms with Crippen LogP contribution < -0.4 is 0 Å². The van der Waals surface area contributed by atoms with Crippen LogP contribution in [0.2, 0.25) is 0 Å². The highest BCUT2D eigenvalue weighted by Crippen LogP contribution is 2.71. The summed E-state index contributed by atoms with van der Waals surface area (Å²) in [5.41, 5.74) is -0.201. The molecule has 2 heterocycles. The zero-order valence-corrected chi connectivity index (χ0v) is 43.4. The average Bonchev–Trinajstić information content (AvgIpc) is 3.74. The quantitative estimate of drug-likeness (QED) is 0.139. The van der Waals surface area contributed by atoms with Crippen molar-refractivity contribution < 1.29 is 47.8 Å². The van der Waals surface area contributed by atoms with E-state index in [4.69, 9.17) is 18.9 Å². The van der Waals surface area contributed by atoms with Crippen molar-refractivity contribution in [2.24, 2.45) is 92.7 Å². The van der Waals surface area contributed by atoms with Gasteiger partial charge < -0.3 is 39.4 Å². The first-order valence-corrected chi connectivity index (χ1v) is 30.2. The Morgan fingerprint density at radius 1 is 0.567 bits per heavy atom. The van der Waals surface area contributed by atoms with Crippen LogP contribution in [0.5, 0.6) is 0 Å². The van der Waals surface area contributed by atoms with Gasteiger partial charge >= 0.3 is 0 Å². The van der Waals surface area contributed by atoms with Crippen molar-refractivity contribution in [3.05, 3.63) is 0 Å². The number of hydrogen-bond acceptors (Lipinski definition) is 10. The van der Waals surface area contributed by atoms with E-state index in [2.05, 4.69) is 41.5 Å². The molecule has 10 nitrogen and oxygen atoms in total. The Morgan fingerprint density at radius 3 is 1.37 bits per heavy atom. The fourth-order valence-electron chi connectivity index (χ4n) is 19.8. The highest BCUT2D eigenvalue weighted by atomic mass is 32.2. The zero-order chi connectivity index (χ0) is 47.3. The van der Waals surface area contributed by atoms with Gasteiger partial charge in [0.15, 0.2) is 22.4 Å². The number of aliphatic hydroxyl groups is 4. The van der Waals surface area contributed by atoms with Crippen molar-refractivity contribution >= 4 is 9.84 Å². The predicted molar refractivity (Wildman–Crippen MR) is 259 cm³/mol. The van der Waals surface area contributed by atoms with E-state index < -0.39 is 34.3 Å². The van der Waals surface area contributed by atoms with Gasteiger partial charge in [0.25, 0.3) is 0 Å². The molecular weight excluding hydrogens is 865 g/mol. The molecule has 8 saturated carbocycles. The molecule has 0 radical (unpaired) electrons. The molecule has 4 N–H and O–H groups in total. The largest absolute Gasteiger partial charge is 0.393 e. The van der Waals surface area contributed by atoms with E-state index in [9.17, 15) is 28.8 Å². The summed E-state index contributed by atoms with van der Waals surface area (Å²) < 4.78 is 53.1. The van der Waals surface area contributed by atoms with Crippen LogP contribution in [-0.4, -0.2) is 103 Å².